The van der Waals surface area contributed by atoms with Gasteiger partial charge in [0.15, 0.2) is 5.75 Å². The summed E-state index contributed by atoms with van der Waals surface area (Å²) in [6, 6.07) is 16.8. The van der Waals surface area contributed by atoms with Gasteiger partial charge in [-0.2, -0.15) is 13.2 Å². The van der Waals surface area contributed by atoms with Crippen LogP contribution in [0.3, 0.4) is 0 Å². The first-order valence-electron chi connectivity index (χ1n) is 12.2. The molecule has 38 heavy (non-hydrogen) atoms. The largest absolute Gasteiger partial charge is 0.491 e. The molecule has 6 nitrogen and oxygen atoms in total. The monoisotopic (exact) mass is 542 g/mol. The first-order valence-corrected chi connectivity index (χ1v) is 12.6. The molecule has 0 bridgehead atoms. The first-order chi connectivity index (χ1) is 18.1. The van der Waals surface area contributed by atoms with Gasteiger partial charge < -0.3 is 19.5 Å². The number of anilines is 1. The van der Waals surface area contributed by atoms with Crippen molar-refractivity contribution in [2.24, 2.45) is 0 Å². The summed E-state index contributed by atoms with van der Waals surface area (Å²) >= 11 is 6.10. The number of fused-ring (bicyclic) bond motifs is 1. The average Bonchev–Trinajstić information content (AvgIpc) is 3.27. The highest BCUT2D eigenvalue weighted by atomic mass is 35.5. The zero-order chi connectivity index (χ0) is 27.0. The molecule has 4 aromatic rings. The maximum atomic E-state index is 13.4. The fourth-order valence-electron chi connectivity index (χ4n) is 4.82. The van der Waals surface area contributed by atoms with E-state index in [1.807, 2.05) is 54.0 Å². The maximum Gasteiger partial charge on any atom is 0.491 e. The number of benzene rings is 3. The van der Waals surface area contributed by atoms with Crippen LogP contribution < -0.4 is 15.0 Å². The van der Waals surface area contributed by atoms with Crippen molar-refractivity contribution < 1.29 is 22.7 Å². The molecule has 0 unspecified atom stereocenters. The Balaban J connectivity index is 1.83. The van der Waals surface area contributed by atoms with Gasteiger partial charge in [0.1, 0.15) is 11.0 Å². The normalized spacial score (nSPS) is 14.2. The van der Waals surface area contributed by atoms with Gasteiger partial charge in [-0.1, -0.05) is 54.1 Å². The summed E-state index contributed by atoms with van der Waals surface area (Å²) in [5, 5.41) is 3.89. The number of alkyl halides is 3. The van der Waals surface area contributed by atoms with Gasteiger partial charge in [0, 0.05) is 36.8 Å². The molecule has 0 spiro atoms. The van der Waals surface area contributed by atoms with Crippen LogP contribution in [0.4, 0.5) is 19.1 Å². The van der Waals surface area contributed by atoms with E-state index in [0.29, 0.717) is 52.8 Å². The van der Waals surface area contributed by atoms with Crippen LogP contribution in [0.25, 0.3) is 22.2 Å². The highest BCUT2D eigenvalue weighted by Crippen LogP contribution is 2.43. The SMILES string of the molecule is Cc1c(C)c(OC(=O)C(F)(F)F)c2c(nc(N3CCNCC3)n2Cc2ccc(Cl)cc2)c1-c1ccccc1. The minimum atomic E-state index is -5.15. The molecule has 2 heterocycles. The lowest BCUT2D eigenvalue weighted by atomic mass is 9.94. The van der Waals surface area contributed by atoms with Crippen molar-refractivity contribution in [1.29, 1.82) is 0 Å². The minimum Gasteiger partial charge on any atom is -0.417 e. The Bertz CT molecular complexity index is 1480. The predicted octanol–water partition coefficient (Wildman–Crippen LogP) is 5.90. The molecule has 3 aromatic carbocycles. The van der Waals surface area contributed by atoms with Gasteiger partial charge in [-0.25, -0.2) is 9.78 Å². The number of esters is 1. The van der Waals surface area contributed by atoms with E-state index in [9.17, 15) is 18.0 Å². The molecule has 1 aliphatic heterocycles. The zero-order valence-corrected chi connectivity index (χ0v) is 21.7. The second-order valence-electron chi connectivity index (χ2n) is 9.27. The molecule has 10 heteroatoms. The van der Waals surface area contributed by atoms with Gasteiger partial charge in [-0.05, 0) is 48.2 Å². The molecular formula is C28H26ClF3N4O2. The van der Waals surface area contributed by atoms with E-state index in [-0.39, 0.29) is 5.75 Å². The van der Waals surface area contributed by atoms with Crippen LogP contribution in [0.15, 0.2) is 54.6 Å². The highest BCUT2D eigenvalue weighted by molar-refractivity contribution is 6.30. The Morgan fingerprint density at radius 3 is 2.32 bits per heavy atom. The molecular weight excluding hydrogens is 517 g/mol. The molecule has 0 aliphatic carbocycles. The third kappa shape index (κ3) is 4.96. The Hall–Kier alpha value is -3.56. The lowest BCUT2D eigenvalue weighted by Gasteiger charge is -2.29. The van der Waals surface area contributed by atoms with Crippen molar-refractivity contribution in [3.63, 3.8) is 0 Å². The molecule has 5 rings (SSSR count). The quantitative estimate of drug-likeness (QED) is 0.251. The number of imidazole rings is 1. The van der Waals surface area contributed by atoms with Crippen LogP contribution in [-0.2, 0) is 11.3 Å². The molecule has 198 valence electrons. The van der Waals surface area contributed by atoms with Gasteiger partial charge >= 0.3 is 12.1 Å². The van der Waals surface area contributed by atoms with Crippen molar-refractivity contribution in [3.8, 4) is 16.9 Å². The molecule has 1 N–H and O–H groups in total. The van der Waals surface area contributed by atoms with E-state index in [1.54, 1.807) is 19.1 Å². The van der Waals surface area contributed by atoms with E-state index in [0.717, 1.165) is 29.8 Å². The Kier molecular flexibility index (Phi) is 7.07. The maximum absolute atomic E-state index is 13.4. The minimum absolute atomic E-state index is 0.137. The van der Waals surface area contributed by atoms with E-state index in [4.69, 9.17) is 21.3 Å². The van der Waals surface area contributed by atoms with Crippen LogP contribution in [0, 0.1) is 13.8 Å². The summed E-state index contributed by atoms with van der Waals surface area (Å²) in [5.41, 5.74) is 4.48. The second kappa shape index (κ2) is 10.3. The van der Waals surface area contributed by atoms with E-state index in [1.165, 1.54) is 0 Å². The van der Waals surface area contributed by atoms with Crippen molar-refractivity contribution in [3.05, 3.63) is 76.3 Å². The fraction of sp³-hybridized carbons (Fsp3) is 0.286. The molecule has 0 radical (unpaired) electrons. The van der Waals surface area contributed by atoms with Gasteiger partial charge in [0.25, 0.3) is 0 Å². The number of nitrogens with zero attached hydrogens (tertiary/aromatic N) is 3. The number of carbonyl (C=O) groups is 1. The third-order valence-corrected chi connectivity index (χ3v) is 7.07. The fourth-order valence-corrected chi connectivity index (χ4v) is 4.95. The number of carbonyl (C=O) groups excluding carboxylic acids is 1. The molecule has 1 fully saturated rings. The van der Waals surface area contributed by atoms with E-state index < -0.39 is 12.1 Å². The molecule has 0 atom stereocenters. The number of hydrogen-bond donors (Lipinski definition) is 1. The average molecular weight is 543 g/mol. The standard InChI is InChI=1S/C28H26ClF3N4O2/c1-17-18(2)25(38-26(37)28(30,31)32)24-23(22(17)20-6-4-3-5-7-20)34-27(35-14-12-33-13-15-35)36(24)16-19-8-10-21(29)11-9-19/h3-11,33H,12-16H2,1-2H3. The van der Waals surface area contributed by atoms with Gasteiger partial charge in [-0.3, -0.25) is 0 Å². The summed E-state index contributed by atoms with van der Waals surface area (Å²) in [7, 11) is 0. The van der Waals surface area contributed by atoms with Gasteiger partial charge in [0.05, 0.1) is 6.54 Å². The number of rotatable bonds is 5. The third-order valence-electron chi connectivity index (χ3n) is 6.82. The van der Waals surface area contributed by atoms with Gasteiger partial charge in [-0.15, -0.1) is 0 Å². The highest BCUT2D eigenvalue weighted by Gasteiger charge is 2.42. The van der Waals surface area contributed by atoms with Crippen molar-refractivity contribution in [2.45, 2.75) is 26.6 Å². The van der Waals surface area contributed by atoms with Gasteiger partial charge in [0.2, 0.25) is 5.95 Å². The number of hydrogen-bond acceptors (Lipinski definition) is 5. The lowest BCUT2D eigenvalue weighted by molar-refractivity contribution is -0.189. The molecule has 0 amide bonds. The summed E-state index contributed by atoms with van der Waals surface area (Å²) in [6.45, 7) is 6.59. The lowest BCUT2D eigenvalue weighted by Crippen LogP contribution is -2.44. The summed E-state index contributed by atoms with van der Waals surface area (Å²) in [6.07, 6.45) is -5.15. The Morgan fingerprint density at radius 2 is 1.68 bits per heavy atom. The second-order valence-corrected chi connectivity index (χ2v) is 9.70. The number of aromatic nitrogens is 2. The Labute approximate surface area is 223 Å². The zero-order valence-electron chi connectivity index (χ0n) is 20.9. The number of piperazine rings is 1. The van der Waals surface area contributed by atoms with Crippen molar-refractivity contribution in [1.82, 2.24) is 14.9 Å². The molecule has 1 saturated heterocycles. The summed E-state index contributed by atoms with van der Waals surface area (Å²) < 4.78 is 47.1. The Morgan fingerprint density at radius 1 is 1.03 bits per heavy atom. The van der Waals surface area contributed by atoms with Crippen LogP contribution >= 0.6 is 11.6 Å². The first kappa shape index (κ1) is 26.1. The van der Waals surface area contributed by atoms with E-state index >= 15 is 0 Å². The molecule has 1 aliphatic rings. The topological polar surface area (TPSA) is 59.4 Å². The summed E-state index contributed by atoms with van der Waals surface area (Å²) in [4.78, 5) is 19.2. The van der Waals surface area contributed by atoms with Crippen LogP contribution in [-0.4, -0.2) is 47.9 Å². The van der Waals surface area contributed by atoms with Crippen molar-refractivity contribution >= 4 is 34.6 Å². The van der Waals surface area contributed by atoms with Crippen LogP contribution in [0.1, 0.15) is 16.7 Å². The molecule has 1 aromatic heterocycles. The number of halogens is 4. The smallest absolute Gasteiger partial charge is 0.417 e. The molecule has 0 saturated carbocycles. The van der Waals surface area contributed by atoms with Crippen molar-refractivity contribution in [2.75, 3.05) is 31.1 Å². The predicted molar refractivity (Wildman–Crippen MR) is 142 cm³/mol. The number of ether oxygens (including phenoxy) is 1. The van der Waals surface area contributed by atoms with Crippen LogP contribution in [0.5, 0.6) is 5.75 Å². The van der Waals surface area contributed by atoms with E-state index in [2.05, 4.69) is 10.2 Å². The van der Waals surface area contributed by atoms with Crippen LogP contribution in [0.2, 0.25) is 5.02 Å². The number of nitrogens with one attached hydrogen (secondary N) is 1. The summed E-state index contributed by atoms with van der Waals surface area (Å²) in [5.74, 6) is -1.80.